The summed E-state index contributed by atoms with van der Waals surface area (Å²) >= 11 is 0.789. The Bertz CT molecular complexity index is 816. The quantitative estimate of drug-likeness (QED) is 0.283. The largest absolute Gasteiger partial charge is 0.507 e. The second kappa shape index (κ2) is 9.61. The van der Waals surface area contributed by atoms with Crippen molar-refractivity contribution in [3.63, 3.8) is 0 Å². The summed E-state index contributed by atoms with van der Waals surface area (Å²) in [6, 6.07) is -1.14. The molecule has 0 saturated heterocycles. The van der Waals surface area contributed by atoms with Crippen LogP contribution in [0, 0.1) is 0 Å². The second-order valence-electron chi connectivity index (χ2n) is 4.44. The minimum atomic E-state index is -2.99. The van der Waals surface area contributed by atoms with E-state index in [0.717, 1.165) is 17.8 Å². The number of anilines is 1. The van der Waals surface area contributed by atoms with E-state index in [1.165, 1.54) is 13.0 Å². The number of thioether (sulfide) groups is 1. The van der Waals surface area contributed by atoms with E-state index in [9.17, 15) is 19.5 Å². The van der Waals surface area contributed by atoms with Crippen LogP contribution in [-0.2, 0) is 19.1 Å². The van der Waals surface area contributed by atoms with Gasteiger partial charge in [0.2, 0.25) is 11.8 Å². The van der Waals surface area contributed by atoms with Gasteiger partial charge in [0.15, 0.2) is 0 Å². The van der Waals surface area contributed by atoms with Crippen LogP contribution in [0.4, 0.5) is 5.69 Å². The fourth-order valence-corrected chi connectivity index (χ4v) is 2.47. The summed E-state index contributed by atoms with van der Waals surface area (Å²) in [5.41, 5.74) is -0.406. The van der Waals surface area contributed by atoms with Crippen molar-refractivity contribution in [2.45, 2.75) is 24.7 Å². The zero-order chi connectivity index (χ0) is 22.4. The molecular formula is C16H20N2O5S. The predicted octanol–water partition coefficient (Wildman–Crippen LogP) is 1.68. The number of phenols is 1. The van der Waals surface area contributed by atoms with Crippen LogP contribution in [0.1, 0.15) is 20.6 Å². The molecule has 0 fully saturated rings. The number of carbonyl (C=O) groups is 3. The monoisotopic (exact) mass is 357 g/mol. The van der Waals surface area contributed by atoms with Crippen LogP contribution in [0.5, 0.6) is 5.75 Å². The maximum absolute atomic E-state index is 12.0. The highest BCUT2D eigenvalue weighted by Crippen LogP contribution is 2.31. The fourth-order valence-electron chi connectivity index (χ4n) is 1.53. The number of ether oxygens (including phenoxy) is 1. The van der Waals surface area contributed by atoms with Gasteiger partial charge in [0.25, 0.3) is 0 Å². The van der Waals surface area contributed by atoms with Gasteiger partial charge < -0.3 is 20.5 Å². The average molecular weight is 357 g/mol. The van der Waals surface area contributed by atoms with Crippen LogP contribution >= 0.6 is 11.8 Å². The van der Waals surface area contributed by atoms with Crippen molar-refractivity contribution in [2.75, 3.05) is 17.7 Å². The Morgan fingerprint density at radius 2 is 2.29 bits per heavy atom. The van der Waals surface area contributed by atoms with E-state index >= 15 is 0 Å². The number of phenolic OH excluding ortho intramolecular Hbond substituents is 1. The maximum atomic E-state index is 12.0. The average Bonchev–Trinajstić information content (AvgIpc) is 2.60. The smallest absolute Gasteiger partial charge is 0.329 e. The number of carbonyl (C=O) groups excluding carboxylic acids is 3. The molecule has 130 valence electrons. The lowest BCUT2D eigenvalue weighted by molar-refractivity contribution is -0.145. The van der Waals surface area contributed by atoms with Gasteiger partial charge in [-0.05, 0) is 18.2 Å². The Hall–Kier alpha value is -2.48. The van der Waals surface area contributed by atoms with Crippen molar-refractivity contribution < 1.29 is 31.1 Å². The van der Waals surface area contributed by atoms with E-state index in [2.05, 4.69) is 11.9 Å². The predicted molar refractivity (Wildman–Crippen MR) is 91.9 cm³/mol. The van der Waals surface area contributed by atoms with Gasteiger partial charge in [-0.3, -0.25) is 9.59 Å². The molecule has 0 aliphatic carbocycles. The van der Waals surface area contributed by atoms with Crippen molar-refractivity contribution in [3.8, 4) is 5.75 Å². The first-order valence-electron chi connectivity index (χ1n) is 9.20. The summed E-state index contributed by atoms with van der Waals surface area (Å²) in [5, 5.41) is 14.4. The Morgan fingerprint density at radius 1 is 1.54 bits per heavy atom. The molecule has 0 saturated carbocycles. The molecule has 0 aliphatic heterocycles. The highest BCUT2D eigenvalue weighted by Gasteiger charge is 2.21. The summed E-state index contributed by atoms with van der Waals surface area (Å²) in [6.07, 6.45) is 1.34. The van der Waals surface area contributed by atoms with Gasteiger partial charge in [0, 0.05) is 29.3 Å². The first kappa shape index (κ1) is 12.9. The molecule has 1 atom stereocenters. The third kappa shape index (κ3) is 6.74. The fraction of sp³-hybridized carbons (Fsp3) is 0.312. The zero-order valence-corrected chi connectivity index (χ0v) is 13.7. The zero-order valence-electron chi connectivity index (χ0n) is 17.8. The standard InChI is InChI=1S/C16H20N2O5S/c1-4-7-23-16(22)13(18-11(3)20)9-24-15-8-12(17-10(2)19)5-6-14(15)21/h4-6,8,13,21H,1,7,9H2,2-3H3,(H,17,19)(H,18,20)/t13-/m0/s1/i2D3,5D,8D. The molecule has 0 spiro atoms. The van der Waals surface area contributed by atoms with Crippen LogP contribution in [0.15, 0.2) is 35.7 Å². The Kier molecular flexibility index (Phi) is 5.16. The van der Waals surface area contributed by atoms with Crippen LogP contribution in [0.3, 0.4) is 0 Å². The minimum absolute atomic E-state index is 0.0760. The molecule has 0 radical (unpaired) electrons. The summed E-state index contributed by atoms with van der Waals surface area (Å²) in [5.74, 6) is -3.26. The van der Waals surface area contributed by atoms with E-state index in [4.69, 9.17) is 11.6 Å². The van der Waals surface area contributed by atoms with Crippen LogP contribution < -0.4 is 10.6 Å². The molecule has 24 heavy (non-hydrogen) atoms. The van der Waals surface area contributed by atoms with E-state index in [1.807, 2.05) is 5.32 Å². The number of benzene rings is 1. The first-order valence-corrected chi connectivity index (χ1v) is 7.69. The van der Waals surface area contributed by atoms with Crippen LogP contribution in [-0.4, -0.2) is 41.3 Å². The Labute approximate surface area is 151 Å². The number of hydrogen-bond donors (Lipinski definition) is 3. The van der Waals surface area contributed by atoms with Crippen molar-refractivity contribution in [3.05, 3.63) is 30.8 Å². The first-order chi connectivity index (χ1) is 13.4. The molecule has 2 amide bonds. The maximum Gasteiger partial charge on any atom is 0.329 e. The number of aromatic hydroxyl groups is 1. The van der Waals surface area contributed by atoms with E-state index in [-0.39, 0.29) is 17.3 Å². The molecule has 7 nitrogen and oxygen atoms in total. The van der Waals surface area contributed by atoms with Gasteiger partial charge in [-0.25, -0.2) is 4.79 Å². The van der Waals surface area contributed by atoms with Crippen molar-refractivity contribution in [1.29, 1.82) is 0 Å². The highest BCUT2D eigenvalue weighted by atomic mass is 32.2. The molecule has 0 bridgehead atoms. The lowest BCUT2D eigenvalue weighted by Crippen LogP contribution is -2.42. The molecule has 0 aliphatic rings. The Balaban J connectivity index is 3.11. The van der Waals surface area contributed by atoms with E-state index in [1.54, 1.807) is 0 Å². The number of amides is 2. The third-order valence-electron chi connectivity index (χ3n) is 2.46. The van der Waals surface area contributed by atoms with Gasteiger partial charge in [-0.2, -0.15) is 0 Å². The summed E-state index contributed by atoms with van der Waals surface area (Å²) in [7, 11) is 0. The lowest BCUT2D eigenvalue weighted by Gasteiger charge is -2.16. The Morgan fingerprint density at radius 3 is 2.92 bits per heavy atom. The number of esters is 1. The SMILES string of the molecule is [2H]c1cc(O)c(SC[C@H](NC(C)=O)C(=O)OCC=C)c([2H])c1NC(=O)C([2H])([2H])[2H]. The third-order valence-corrected chi connectivity index (χ3v) is 3.56. The summed E-state index contributed by atoms with van der Waals surface area (Å²) < 4.78 is 42.0. The molecule has 1 rings (SSSR count). The minimum Gasteiger partial charge on any atom is -0.507 e. The molecule has 3 N–H and O–H groups in total. The lowest BCUT2D eigenvalue weighted by atomic mass is 10.3. The number of rotatable bonds is 8. The van der Waals surface area contributed by atoms with Gasteiger partial charge in [0.1, 0.15) is 18.4 Å². The van der Waals surface area contributed by atoms with Crippen molar-refractivity contribution in [2.24, 2.45) is 0 Å². The van der Waals surface area contributed by atoms with E-state index < -0.39 is 54.2 Å². The van der Waals surface area contributed by atoms with Crippen molar-refractivity contribution >= 4 is 35.2 Å². The van der Waals surface area contributed by atoms with Gasteiger partial charge in [0.05, 0.1) is 7.64 Å². The second-order valence-corrected chi connectivity index (χ2v) is 5.47. The molecular weight excluding hydrogens is 332 g/mol. The molecule has 1 aromatic rings. The van der Waals surface area contributed by atoms with Gasteiger partial charge in [-0.15, -0.1) is 11.8 Å². The molecule has 8 heteroatoms. The van der Waals surface area contributed by atoms with Crippen LogP contribution in [0.2, 0.25) is 0 Å². The van der Waals surface area contributed by atoms with Crippen LogP contribution in [0.25, 0.3) is 0 Å². The normalized spacial score (nSPS) is 14.8. The topological polar surface area (TPSA) is 105 Å². The number of nitrogens with one attached hydrogen (secondary N) is 2. The van der Waals surface area contributed by atoms with Gasteiger partial charge >= 0.3 is 5.97 Å². The molecule has 0 unspecified atom stereocenters. The summed E-state index contributed by atoms with van der Waals surface area (Å²) in [6.45, 7) is 1.54. The molecule has 1 aromatic carbocycles. The summed E-state index contributed by atoms with van der Waals surface area (Å²) in [4.78, 5) is 34.9. The molecule has 0 heterocycles. The van der Waals surface area contributed by atoms with Gasteiger partial charge in [-0.1, -0.05) is 12.7 Å². The van der Waals surface area contributed by atoms with Crippen molar-refractivity contribution in [1.82, 2.24) is 5.32 Å². The van der Waals surface area contributed by atoms with E-state index in [0.29, 0.717) is 0 Å². The number of hydrogen-bond acceptors (Lipinski definition) is 6. The molecule has 0 aromatic heterocycles. The highest BCUT2D eigenvalue weighted by molar-refractivity contribution is 7.99.